The summed E-state index contributed by atoms with van der Waals surface area (Å²) < 4.78 is 0. The van der Waals surface area contributed by atoms with Crippen LogP contribution in [-0.2, 0) is 6.42 Å². The molecule has 0 atom stereocenters. The molecule has 0 radical (unpaired) electrons. The van der Waals surface area contributed by atoms with E-state index >= 15 is 0 Å². The molecule has 1 amide bonds. The average Bonchev–Trinajstić information content (AvgIpc) is 2.40. The van der Waals surface area contributed by atoms with Crippen molar-refractivity contribution in [2.24, 2.45) is 0 Å². The van der Waals surface area contributed by atoms with E-state index < -0.39 is 0 Å². The minimum absolute atomic E-state index is 0.141. The number of anilines is 1. The first-order chi connectivity index (χ1) is 8.75. The molecule has 0 spiro atoms. The second kappa shape index (κ2) is 5.77. The number of carbonyl (C=O) groups excluding carboxylic acids is 1. The van der Waals surface area contributed by atoms with E-state index in [0.717, 1.165) is 12.0 Å². The number of nitrogens with zero attached hydrogens (tertiary/aromatic N) is 2. The van der Waals surface area contributed by atoms with Crippen molar-refractivity contribution in [1.82, 2.24) is 15.3 Å². The average molecular weight is 242 g/mol. The Labute approximate surface area is 105 Å². The maximum Gasteiger partial charge on any atom is 0.251 e. The summed E-state index contributed by atoms with van der Waals surface area (Å²) in [5.74, 6) is 0.204. The molecule has 92 valence electrons. The van der Waals surface area contributed by atoms with Crippen LogP contribution in [0.1, 0.15) is 15.9 Å². The fraction of sp³-hybridized carbons (Fsp3) is 0.154. The van der Waals surface area contributed by atoms with Gasteiger partial charge in [0, 0.05) is 30.7 Å². The number of rotatable bonds is 4. The van der Waals surface area contributed by atoms with Gasteiger partial charge in [-0.15, -0.1) is 0 Å². The predicted molar refractivity (Wildman–Crippen MR) is 68.9 cm³/mol. The number of nitrogen functional groups attached to an aromatic ring is 1. The third-order valence-electron chi connectivity index (χ3n) is 2.49. The van der Waals surface area contributed by atoms with Crippen molar-refractivity contribution in [3.05, 3.63) is 54.0 Å². The van der Waals surface area contributed by atoms with Crippen LogP contribution in [0.2, 0.25) is 0 Å². The van der Waals surface area contributed by atoms with Gasteiger partial charge in [0.05, 0.1) is 0 Å². The molecule has 5 nitrogen and oxygen atoms in total. The van der Waals surface area contributed by atoms with E-state index in [4.69, 9.17) is 5.73 Å². The molecule has 2 heterocycles. The van der Waals surface area contributed by atoms with Gasteiger partial charge in [-0.1, -0.05) is 0 Å². The molecule has 0 saturated carbocycles. The summed E-state index contributed by atoms with van der Waals surface area (Å²) in [5.41, 5.74) is 7.18. The van der Waals surface area contributed by atoms with Gasteiger partial charge in [-0.2, -0.15) is 0 Å². The molecule has 3 N–H and O–H groups in total. The Balaban J connectivity index is 1.86. The monoisotopic (exact) mass is 242 g/mol. The Kier molecular flexibility index (Phi) is 3.86. The van der Waals surface area contributed by atoms with Gasteiger partial charge in [0.15, 0.2) is 0 Å². The van der Waals surface area contributed by atoms with Crippen LogP contribution in [0, 0.1) is 0 Å². The number of pyridine rings is 2. The first kappa shape index (κ1) is 12.0. The summed E-state index contributed by atoms with van der Waals surface area (Å²) in [6.45, 7) is 0.574. The van der Waals surface area contributed by atoms with E-state index in [0.29, 0.717) is 17.9 Å². The summed E-state index contributed by atoms with van der Waals surface area (Å²) in [5, 5.41) is 2.83. The highest BCUT2D eigenvalue weighted by Gasteiger charge is 2.05. The van der Waals surface area contributed by atoms with Gasteiger partial charge in [-0.25, -0.2) is 4.98 Å². The number of hydrogen-bond acceptors (Lipinski definition) is 4. The highest BCUT2D eigenvalue weighted by atomic mass is 16.1. The Hall–Kier alpha value is -2.43. The molecule has 0 unspecified atom stereocenters. The highest BCUT2D eigenvalue weighted by molar-refractivity contribution is 5.94. The predicted octanol–water partition coefficient (Wildman–Crippen LogP) is 1.03. The fourth-order valence-electron chi connectivity index (χ4n) is 1.56. The molecule has 5 heteroatoms. The summed E-state index contributed by atoms with van der Waals surface area (Å²) in [6.07, 6.45) is 5.77. The molecule has 0 aliphatic heterocycles. The molecule has 2 rings (SSSR count). The van der Waals surface area contributed by atoms with Gasteiger partial charge in [0.2, 0.25) is 0 Å². The van der Waals surface area contributed by atoms with Crippen LogP contribution in [0.4, 0.5) is 5.82 Å². The molecule has 0 saturated heterocycles. The lowest BCUT2D eigenvalue weighted by molar-refractivity contribution is 0.0954. The van der Waals surface area contributed by atoms with Crippen molar-refractivity contribution < 1.29 is 4.79 Å². The smallest absolute Gasteiger partial charge is 0.251 e. The Morgan fingerprint density at radius 1 is 1.22 bits per heavy atom. The molecule has 18 heavy (non-hydrogen) atoms. The van der Waals surface area contributed by atoms with Gasteiger partial charge in [0.1, 0.15) is 5.82 Å². The fourth-order valence-corrected chi connectivity index (χ4v) is 1.56. The van der Waals surface area contributed by atoms with Crippen molar-refractivity contribution in [3.8, 4) is 0 Å². The highest BCUT2D eigenvalue weighted by Crippen LogP contribution is 2.03. The molecule has 0 aliphatic carbocycles. The second-order valence-electron chi connectivity index (χ2n) is 3.83. The van der Waals surface area contributed by atoms with Gasteiger partial charge >= 0.3 is 0 Å². The van der Waals surface area contributed by atoms with Crippen LogP contribution in [0.25, 0.3) is 0 Å². The van der Waals surface area contributed by atoms with Gasteiger partial charge in [-0.3, -0.25) is 9.78 Å². The SMILES string of the molecule is Nc1cc(C(=O)NCCc2ccncc2)ccn1. The summed E-state index contributed by atoms with van der Waals surface area (Å²) in [6, 6.07) is 7.05. The van der Waals surface area contributed by atoms with E-state index in [2.05, 4.69) is 15.3 Å². The minimum Gasteiger partial charge on any atom is -0.384 e. The van der Waals surface area contributed by atoms with Crippen LogP contribution < -0.4 is 11.1 Å². The normalized spacial score (nSPS) is 10.0. The molecule has 2 aromatic rings. The third kappa shape index (κ3) is 3.28. The zero-order valence-corrected chi connectivity index (χ0v) is 9.84. The lowest BCUT2D eigenvalue weighted by atomic mass is 10.2. The Morgan fingerprint density at radius 3 is 2.72 bits per heavy atom. The number of amides is 1. The van der Waals surface area contributed by atoms with Crippen molar-refractivity contribution in [2.45, 2.75) is 6.42 Å². The Morgan fingerprint density at radius 2 is 2.00 bits per heavy atom. The van der Waals surface area contributed by atoms with Crippen LogP contribution in [0.3, 0.4) is 0 Å². The van der Waals surface area contributed by atoms with E-state index in [9.17, 15) is 4.79 Å². The van der Waals surface area contributed by atoms with Crippen LogP contribution >= 0.6 is 0 Å². The number of carbonyl (C=O) groups is 1. The van der Waals surface area contributed by atoms with Crippen molar-refractivity contribution in [3.63, 3.8) is 0 Å². The zero-order valence-electron chi connectivity index (χ0n) is 9.84. The first-order valence-electron chi connectivity index (χ1n) is 5.64. The summed E-state index contributed by atoms with van der Waals surface area (Å²) in [4.78, 5) is 19.6. The van der Waals surface area contributed by atoms with Gasteiger partial charge in [0.25, 0.3) is 5.91 Å². The standard InChI is InChI=1S/C13H14N4O/c14-12-9-11(4-8-16-12)13(18)17-7-3-10-1-5-15-6-2-10/h1-2,4-6,8-9H,3,7H2,(H2,14,16)(H,17,18). The van der Waals surface area contributed by atoms with Crippen molar-refractivity contribution >= 4 is 11.7 Å². The number of aromatic nitrogens is 2. The maximum absolute atomic E-state index is 11.8. The van der Waals surface area contributed by atoms with Gasteiger partial charge in [-0.05, 0) is 36.2 Å². The largest absolute Gasteiger partial charge is 0.384 e. The quantitative estimate of drug-likeness (QED) is 0.839. The number of nitrogens with two attached hydrogens (primary N) is 1. The van der Waals surface area contributed by atoms with Crippen LogP contribution in [0.15, 0.2) is 42.9 Å². The summed E-state index contributed by atoms with van der Waals surface area (Å²) in [7, 11) is 0. The van der Waals surface area contributed by atoms with E-state index in [1.54, 1.807) is 24.5 Å². The Bertz CT molecular complexity index is 528. The van der Waals surface area contributed by atoms with E-state index in [1.807, 2.05) is 12.1 Å². The number of hydrogen-bond donors (Lipinski definition) is 2. The first-order valence-corrected chi connectivity index (χ1v) is 5.64. The molecule has 0 bridgehead atoms. The maximum atomic E-state index is 11.8. The molecular weight excluding hydrogens is 228 g/mol. The lowest BCUT2D eigenvalue weighted by Gasteiger charge is -2.05. The van der Waals surface area contributed by atoms with Crippen molar-refractivity contribution in [1.29, 1.82) is 0 Å². The molecular formula is C13H14N4O. The molecule has 0 aliphatic rings. The third-order valence-corrected chi connectivity index (χ3v) is 2.49. The van der Waals surface area contributed by atoms with E-state index in [1.165, 1.54) is 6.20 Å². The molecule has 2 aromatic heterocycles. The second-order valence-corrected chi connectivity index (χ2v) is 3.83. The summed E-state index contributed by atoms with van der Waals surface area (Å²) >= 11 is 0. The zero-order chi connectivity index (χ0) is 12.8. The van der Waals surface area contributed by atoms with Crippen LogP contribution in [-0.4, -0.2) is 22.4 Å². The topological polar surface area (TPSA) is 80.9 Å². The minimum atomic E-state index is -0.141. The van der Waals surface area contributed by atoms with Gasteiger partial charge < -0.3 is 11.1 Å². The molecule has 0 fully saturated rings. The molecule has 0 aromatic carbocycles. The lowest BCUT2D eigenvalue weighted by Crippen LogP contribution is -2.25. The van der Waals surface area contributed by atoms with E-state index in [-0.39, 0.29) is 5.91 Å². The van der Waals surface area contributed by atoms with Crippen molar-refractivity contribution in [2.75, 3.05) is 12.3 Å². The van der Waals surface area contributed by atoms with Crippen LogP contribution in [0.5, 0.6) is 0 Å². The number of nitrogens with one attached hydrogen (secondary N) is 1.